The van der Waals surface area contributed by atoms with Crippen molar-refractivity contribution in [1.29, 1.82) is 0 Å². The monoisotopic (exact) mass is 418 g/mol. The first-order valence-corrected chi connectivity index (χ1v) is 7.49. The number of para-hydroxylation sites is 1. The highest BCUT2D eigenvalue weighted by Gasteiger charge is 2.06. The number of nitrogens with one attached hydrogen (secondary N) is 3. The highest BCUT2D eigenvalue weighted by Crippen LogP contribution is 2.05. The zero-order valence-corrected chi connectivity index (χ0v) is 15.9. The Balaban J connectivity index is 0.00000441. The third kappa shape index (κ3) is 8.21. The summed E-state index contributed by atoms with van der Waals surface area (Å²) in [5, 5.41) is 9.09. The average molecular weight is 418 g/mol. The predicted octanol–water partition coefficient (Wildman–Crippen LogP) is 2.84. The molecule has 0 heterocycles. The standard InChI is InChI=1S/C16H26N4O.HI/c1-4-13(5-2)11-18-16(17-3)19-12-15(21)20-14-9-7-6-8-10-14;/h6-10,13H,4-5,11-12H2,1-3H3,(H,20,21)(H2,17,18,19);1H. The van der Waals surface area contributed by atoms with Crippen molar-refractivity contribution in [3.05, 3.63) is 30.3 Å². The van der Waals surface area contributed by atoms with Crippen LogP contribution in [0.4, 0.5) is 5.69 Å². The molecule has 0 bridgehead atoms. The minimum Gasteiger partial charge on any atom is -0.356 e. The van der Waals surface area contributed by atoms with E-state index in [9.17, 15) is 4.79 Å². The van der Waals surface area contributed by atoms with Crippen molar-refractivity contribution in [2.45, 2.75) is 26.7 Å². The Morgan fingerprint density at radius 1 is 1.14 bits per heavy atom. The van der Waals surface area contributed by atoms with E-state index >= 15 is 0 Å². The maximum atomic E-state index is 11.8. The van der Waals surface area contributed by atoms with Crippen LogP contribution in [0.1, 0.15) is 26.7 Å². The zero-order valence-electron chi connectivity index (χ0n) is 13.6. The molecule has 3 N–H and O–H groups in total. The van der Waals surface area contributed by atoms with E-state index in [1.807, 2.05) is 30.3 Å². The van der Waals surface area contributed by atoms with Crippen LogP contribution < -0.4 is 16.0 Å². The quantitative estimate of drug-likeness (QED) is 0.363. The van der Waals surface area contributed by atoms with Crippen LogP contribution in [-0.4, -0.2) is 32.0 Å². The molecule has 0 fully saturated rings. The second-order valence-electron chi connectivity index (χ2n) is 4.90. The molecule has 0 aliphatic carbocycles. The second-order valence-corrected chi connectivity index (χ2v) is 4.90. The van der Waals surface area contributed by atoms with Crippen LogP contribution in [0.25, 0.3) is 0 Å². The molecule has 1 aromatic rings. The number of rotatable bonds is 7. The summed E-state index contributed by atoms with van der Waals surface area (Å²) in [5.74, 6) is 1.19. The number of benzene rings is 1. The van der Waals surface area contributed by atoms with Crippen LogP contribution in [0.2, 0.25) is 0 Å². The molecule has 0 unspecified atom stereocenters. The molecule has 0 atom stereocenters. The van der Waals surface area contributed by atoms with Gasteiger partial charge in [0.25, 0.3) is 0 Å². The highest BCUT2D eigenvalue weighted by atomic mass is 127. The summed E-state index contributed by atoms with van der Waals surface area (Å²) in [4.78, 5) is 15.9. The molecular weight excluding hydrogens is 391 g/mol. The molecule has 1 aromatic carbocycles. The summed E-state index contributed by atoms with van der Waals surface area (Å²) in [6.07, 6.45) is 2.27. The van der Waals surface area contributed by atoms with Crippen molar-refractivity contribution < 1.29 is 4.79 Å². The van der Waals surface area contributed by atoms with Gasteiger partial charge >= 0.3 is 0 Å². The van der Waals surface area contributed by atoms with Crippen LogP contribution in [0.5, 0.6) is 0 Å². The summed E-state index contributed by atoms with van der Waals surface area (Å²) in [6, 6.07) is 9.41. The summed E-state index contributed by atoms with van der Waals surface area (Å²) >= 11 is 0. The highest BCUT2D eigenvalue weighted by molar-refractivity contribution is 14.0. The van der Waals surface area contributed by atoms with E-state index in [1.54, 1.807) is 7.05 Å². The lowest BCUT2D eigenvalue weighted by Gasteiger charge is -2.16. The van der Waals surface area contributed by atoms with Gasteiger partial charge in [-0.05, 0) is 18.1 Å². The molecule has 0 aliphatic rings. The number of carbonyl (C=O) groups excluding carboxylic acids is 1. The van der Waals surface area contributed by atoms with E-state index < -0.39 is 0 Å². The topological polar surface area (TPSA) is 65.5 Å². The molecule has 124 valence electrons. The number of aliphatic imine (C=N–C) groups is 1. The van der Waals surface area contributed by atoms with Gasteiger partial charge < -0.3 is 16.0 Å². The minimum atomic E-state index is -0.0910. The molecule has 0 aromatic heterocycles. The number of carbonyl (C=O) groups is 1. The molecule has 22 heavy (non-hydrogen) atoms. The minimum absolute atomic E-state index is 0. The van der Waals surface area contributed by atoms with Crippen LogP contribution in [0, 0.1) is 5.92 Å². The van der Waals surface area contributed by atoms with Crippen LogP contribution in [0.15, 0.2) is 35.3 Å². The summed E-state index contributed by atoms with van der Waals surface area (Å²) in [5.41, 5.74) is 0.796. The maximum Gasteiger partial charge on any atom is 0.243 e. The van der Waals surface area contributed by atoms with E-state index in [0.717, 1.165) is 25.1 Å². The predicted molar refractivity (Wildman–Crippen MR) is 104 cm³/mol. The summed E-state index contributed by atoms with van der Waals surface area (Å²) < 4.78 is 0. The molecule has 0 spiro atoms. The largest absolute Gasteiger partial charge is 0.356 e. The molecule has 1 rings (SSSR count). The van der Waals surface area contributed by atoms with Crippen molar-refractivity contribution in [2.75, 3.05) is 25.5 Å². The normalized spacial score (nSPS) is 10.8. The summed E-state index contributed by atoms with van der Waals surface area (Å²) in [6.45, 7) is 5.42. The van der Waals surface area contributed by atoms with Crippen molar-refractivity contribution in [3.8, 4) is 0 Å². The molecule has 0 saturated heterocycles. The van der Waals surface area contributed by atoms with E-state index in [0.29, 0.717) is 11.9 Å². The fraction of sp³-hybridized carbons (Fsp3) is 0.500. The number of anilines is 1. The Hall–Kier alpha value is -1.31. The van der Waals surface area contributed by atoms with Gasteiger partial charge in [-0.2, -0.15) is 0 Å². The Kier molecular flexibility index (Phi) is 11.5. The van der Waals surface area contributed by atoms with Crippen LogP contribution >= 0.6 is 24.0 Å². The Morgan fingerprint density at radius 2 is 1.77 bits per heavy atom. The number of nitrogens with zero attached hydrogens (tertiary/aromatic N) is 1. The maximum absolute atomic E-state index is 11.8. The van der Waals surface area contributed by atoms with Gasteiger partial charge in [0.05, 0.1) is 6.54 Å². The van der Waals surface area contributed by atoms with E-state index in [1.165, 1.54) is 0 Å². The Labute approximate surface area is 150 Å². The van der Waals surface area contributed by atoms with Gasteiger partial charge in [-0.1, -0.05) is 44.9 Å². The Bertz CT molecular complexity index is 447. The first kappa shape index (κ1) is 20.7. The van der Waals surface area contributed by atoms with E-state index in [2.05, 4.69) is 34.8 Å². The third-order valence-corrected chi connectivity index (χ3v) is 3.41. The van der Waals surface area contributed by atoms with Crippen LogP contribution in [0.3, 0.4) is 0 Å². The molecule has 0 saturated carbocycles. The fourth-order valence-corrected chi connectivity index (χ4v) is 1.93. The van der Waals surface area contributed by atoms with E-state index in [4.69, 9.17) is 0 Å². The lowest BCUT2D eigenvalue weighted by atomic mass is 10.0. The van der Waals surface area contributed by atoms with Gasteiger partial charge in [0, 0.05) is 19.3 Å². The lowest BCUT2D eigenvalue weighted by Crippen LogP contribution is -2.43. The summed E-state index contributed by atoms with van der Waals surface area (Å²) in [7, 11) is 1.71. The SMILES string of the molecule is CCC(CC)CNC(=NC)NCC(=O)Nc1ccccc1.I. The zero-order chi connectivity index (χ0) is 15.5. The van der Waals surface area contributed by atoms with Gasteiger partial charge in [-0.3, -0.25) is 9.79 Å². The number of hydrogen-bond donors (Lipinski definition) is 3. The number of amides is 1. The molecule has 5 nitrogen and oxygen atoms in total. The lowest BCUT2D eigenvalue weighted by molar-refractivity contribution is -0.115. The van der Waals surface area contributed by atoms with Crippen molar-refractivity contribution in [2.24, 2.45) is 10.9 Å². The molecule has 6 heteroatoms. The molecular formula is C16H27IN4O. The fourth-order valence-electron chi connectivity index (χ4n) is 1.93. The van der Waals surface area contributed by atoms with Crippen molar-refractivity contribution in [3.63, 3.8) is 0 Å². The van der Waals surface area contributed by atoms with Gasteiger partial charge in [0.15, 0.2) is 5.96 Å². The van der Waals surface area contributed by atoms with E-state index in [-0.39, 0.29) is 36.4 Å². The first-order chi connectivity index (χ1) is 10.2. The number of halogens is 1. The Morgan fingerprint density at radius 3 is 2.32 bits per heavy atom. The van der Waals surface area contributed by atoms with Gasteiger partial charge in [0.1, 0.15) is 0 Å². The van der Waals surface area contributed by atoms with Gasteiger partial charge in [-0.15, -0.1) is 24.0 Å². The molecule has 0 aliphatic heterocycles. The number of guanidine groups is 1. The average Bonchev–Trinajstić information content (AvgIpc) is 2.52. The van der Waals surface area contributed by atoms with Gasteiger partial charge in [-0.25, -0.2) is 0 Å². The first-order valence-electron chi connectivity index (χ1n) is 7.49. The smallest absolute Gasteiger partial charge is 0.243 e. The molecule has 0 radical (unpaired) electrons. The van der Waals surface area contributed by atoms with Crippen LogP contribution in [-0.2, 0) is 4.79 Å². The van der Waals surface area contributed by atoms with Gasteiger partial charge in [0.2, 0.25) is 5.91 Å². The number of hydrogen-bond acceptors (Lipinski definition) is 2. The second kappa shape index (κ2) is 12.3. The van der Waals surface area contributed by atoms with Crippen molar-refractivity contribution >= 4 is 41.5 Å². The van der Waals surface area contributed by atoms with Crippen molar-refractivity contribution in [1.82, 2.24) is 10.6 Å². The molecule has 1 amide bonds. The third-order valence-electron chi connectivity index (χ3n) is 3.41.